The first-order chi connectivity index (χ1) is 10.3. The van der Waals surface area contributed by atoms with Crippen molar-refractivity contribution in [2.45, 2.75) is 45.2 Å². The topological polar surface area (TPSA) is 49.6 Å². The van der Waals surface area contributed by atoms with Gasteiger partial charge in [-0.2, -0.15) is 0 Å². The third-order valence-corrected chi connectivity index (χ3v) is 4.28. The van der Waals surface area contributed by atoms with Crippen LogP contribution in [0.15, 0.2) is 33.7 Å². The standard InChI is InChI=1S/C17H23N3O/c1-12-14-9-5-6-10-15(14)21-16(12)11-19-17(18-2)20-13-7-3-4-8-13/h5-6,9-10,13H,3-4,7-8,11H2,1-2H3,(H2,18,19,20). The van der Waals surface area contributed by atoms with E-state index in [0.29, 0.717) is 12.6 Å². The van der Waals surface area contributed by atoms with E-state index in [0.717, 1.165) is 17.3 Å². The first-order valence-corrected chi connectivity index (χ1v) is 7.72. The van der Waals surface area contributed by atoms with Crippen LogP contribution in [0.25, 0.3) is 11.0 Å². The van der Waals surface area contributed by atoms with Gasteiger partial charge >= 0.3 is 0 Å². The van der Waals surface area contributed by atoms with Crippen molar-refractivity contribution in [3.8, 4) is 0 Å². The van der Waals surface area contributed by atoms with Crippen LogP contribution < -0.4 is 10.6 Å². The summed E-state index contributed by atoms with van der Waals surface area (Å²) in [6.07, 6.45) is 5.11. The molecule has 1 saturated carbocycles. The molecule has 2 aromatic rings. The highest BCUT2D eigenvalue weighted by atomic mass is 16.3. The zero-order valence-corrected chi connectivity index (χ0v) is 12.8. The minimum Gasteiger partial charge on any atom is -0.459 e. The van der Waals surface area contributed by atoms with Crippen molar-refractivity contribution in [1.82, 2.24) is 10.6 Å². The fourth-order valence-corrected chi connectivity index (χ4v) is 3.02. The van der Waals surface area contributed by atoms with Gasteiger partial charge in [-0.3, -0.25) is 4.99 Å². The molecule has 1 aromatic heterocycles. The van der Waals surface area contributed by atoms with Gasteiger partial charge in [0.05, 0.1) is 6.54 Å². The van der Waals surface area contributed by atoms with Crippen LogP contribution in [0, 0.1) is 6.92 Å². The maximum atomic E-state index is 5.92. The van der Waals surface area contributed by atoms with Crippen LogP contribution >= 0.6 is 0 Å². The van der Waals surface area contributed by atoms with Gasteiger partial charge in [-0.25, -0.2) is 0 Å². The van der Waals surface area contributed by atoms with Crippen LogP contribution in [-0.2, 0) is 6.54 Å². The summed E-state index contributed by atoms with van der Waals surface area (Å²) in [7, 11) is 1.82. The van der Waals surface area contributed by atoms with Crippen molar-refractivity contribution in [3.05, 3.63) is 35.6 Å². The smallest absolute Gasteiger partial charge is 0.191 e. The maximum Gasteiger partial charge on any atom is 0.191 e. The molecule has 2 N–H and O–H groups in total. The van der Waals surface area contributed by atoms with E-state index in [9.17, 15) is 0 Å². The minimum absolute atomic E-state index is 0.563. The van der Waals surface area contributed by atoms with Gasteiger partial charge in [-0.15, -0.1) is 0 Å². The predicted octanol–water partition coefficient (Wildman–Crippen LogP) is 3.35. The molecule has 0 atom stereocenters. The van der Waals surface area contributed by atoms with Gasteiger partial charge < -0.3 is 15.1 Å². The molecule has 0 spiro atoms. The van der Waals surface area contributed by atoms with Crippen molar-refractivity contribution in [1.29, 1.82) is 0 Å². The monoisotopic (exact) mass is 285 g/mol. The van der Waals surface area contributed by atoms with Crippen molar-refractivity contribution < 1.29 is 4.42 Å². The van der Waals surface area contributed by atoms with E-state index in [1.165, 1.54) is 36.6 Å². The number of hydrogen-bond acceptors (Lipinski definition) is 2. The molecule has 1 fully saturated rings. The molecule has 0 amide bonds. The van der Waals surface area contributed by atoms with Gasteiger partial charge in [0.15, 0.2) is 5.96 Å². The number of guanidine groups is 1. The molecule has 21 heavy (non-hydrogen) atoms. The highest BCUT2D eigenvalue weighted by molar-refractivity contribution is 5.83. The number of hydrogen-bond donors (Lipinski definition) is 2. The van der Waals surface area contributed by atoms with Crippen LogP contribution in [-0.4, -0.2) is 19.0 Å². The maximum absolute atomic E-state index is 5.92. The van der Waals surface area contributed by atoms with Crippen molar-refractivity contribution in [2.75, 3.05) is 7.05 Å². The molecule has 4 heteroatoms. The van der Waals surface area contributed by atoms with Crippen molar-refractivity contribution >= 4 is 16.9 Å². The Morgan fingerprint density at radius 2 is 2.05 bits per heavy atom. The zero-order valence-electron chi connectivity index (χ0n) is 12.8. The van der Waals surface area contributed by atoms with E-state index < -0.39 is 0 Å². The van der Waals surface area contributed by atoms with Gasteiger partial charge in [0.2, 0.25) is 0 Å². The average molecular weight is 285 g/mol. The fraction of sp³-hybridized carbons (Fsp3) is 0.471. The molecule has 0 saturated heterocycles. The summed E-state index contributed by atoms with van der Waals surface area (Å²) in [5.74, 6) is 1.84. The molecule has 1 heterocycles. The number of rotatable bonds is 3. The fourth-order valence-electron chi connectivity index (χ4n) is 3.02. The third-order valence-electron chi connectivity index (χ3n) is 4.28. The van der Waals surface area contributed by atoms with E-state index in [2.05, 4.69) is 28.6 Å². The molecule has 0 aliphatic heterocycles. The summed E-state index contributed by atoms with van der Waals surface area (Å²) in [5.41, 5.74) is 2.15. The van der Waals surface area contributed by atoms with Gasteiger partial charge in [-0.05, 0) is 25.8 Å². The van der Waals surface area contributed by atoms with Crippen LogP contribution in [0.5, 0.6) is 0 Å². The van der Waals surface area contributed by atoms with Crippen LogP contribution in [0.4, 0.5) is 0 Å². The number of nitrogens with zero attached hydrogens (tertiary/aromatic N) is 1. The summed E-state index contributed by atoms with van der Waals surface area (Å²) in [6.45, 7) is 2.77. The van der Waals surface area contributed by atoms with E-state index in [4.69, 9.17) is 4.42 Å². The molecule has 4 nitrogen and oxygen atoms in total. The second-order valence-electron chi connectivity index (χ2n) is 5.70. The lowest BCUT2D eigenvalue weighted by Gasteiger charge is -2.16. The van der Waals surface area contributed by atoms with E-state index in [-0.39, 0.29) is 0 Å². The minimum atomic E-state index is 0.563. The Morgan fingerprint density at radius 3 is 2.76 bits per heavy atom. The Labute approximate surface area is 125 Å². The predicted molar refractivity (Wildman–Crippen MR) is 86.5 cm³/mol. The average Bonchev–Trinajstić information content (AvgIpc) is 3.12. The lowest BCUT2D eigenvalue weighted by molar-refractivity contribution is 0.530. The van der Waals surface area contributed by atoms with Gasteiger partial charge in [0.1, 0.15) is 11.3 Å². The molecule has 0 bridgehead atoms. The zero-order chi connectivity index (χ0) is 14.7. The molecular formula is C17H23N3O. The Balaban J connectivity index is 1.66. The number of aliphatic imine (C=N–C) groups is 1. The lowest BCUT2D eigenvalue weighted by atomic mass is 10.1. The van der Waals surface area contributed by atoms with Crippen LogP contribution in [0.3, 0.4) is 0 Å². The number of benzene rings is 1. The summed E-state index contributed by atoms with van der Waals surface area (Å²) >= 11 is 0. The first kappa shape index (κ1) is 14.0. The number of aryl methyl sites for hydroxylation is 1. The molecule has 0 unspecified atom stereocenters. The molecular weight excluding hydrogens is 262 g/mol. The second kappa shape index (κ2) is 6.20. The normalized spacial score (nSPS) is 16.6. The second-order valence-corrected chi connectivity index (χ2v) is 5.70. The Kier molecular flexibility index (Phi) is 4.13. The third kappa shape index (κ3) is 3.04. The number of furan rings is 1. The highest BCUT2D eigenvalue weighted by Gasteiger charge is 2.16. The van der Waals surface area contributed by atoms with Crippen LogP contribution in [0.1, 0.15) is 37.0 Å². The van der Waals surface area contributed by atoms with E-state index in [1.54, 1.807) is 0 Å². The van der Waals surface area contributed by atoms with Crippen LogP contribution in [0.2, 0.25) is 0 Å². The lowest BCUT2D eigenvalue weighted by Crippen LogP contribution is -2.41. The summed E-state index contributed by atoms with van der Waals surface area (Å²) < 4.78 is 5.92. The largest absolute Gasteiger partial charge is 0.459 e. The van der Waals surface area contributed by atoms with Crippen molar-refractivity contribution in [2.24, 2.45) is 4.99 Å². The molecule has 112 valence electrons. The van der Waals surface area contributed by atoms with Gasteiger partial charge in [-0.1, -0.05) is 31.0 Å². The molecule has 1 aliphatic carbocycles. The SMILES string of the molecule is CN=C(NCc1oc2ccccc2c1C)NC1CCCC1. The number of para-hydroxylation sites is 1. The van der Waals surface area contributed by atoms with E-state index in [1.807, 2.05) is 25.2 Å². The quantitative estimate of drug-likeness (QED) is 0.671. The first-order valence-electron chi connectivity index (χ1n) is 7.72. The van der Waals surface area contributed by atoms with Gasteiger partial charge in [0, 0.05) is 24.0 Å². The Morgan fingerprint density at radius 1 is 1.29 bits per heavy atom. The molecule has 3 rings (SSSR count). The number of nitrogens with one attached hydrogen (secondary N) is 2. The Hall–Kier alpha value is -1.97. The van der Waals surface area contributed by atoms with E-state index >= 15 is 0 Å². The summed E-state index contributed by atoms with van der Waals surface area (Å²) in [5, 5.41) is 8.03. The highest BCUT2D eigenvalue weighted by Crippen LogP contribution is 2.24. The summed E-state index contributed by atoms with van der Waals surface area (Å²) in [4.78, 5) is 4.30. The molecule has 1 aliphatic rings. The van der Waals surface area contributed by atoms with Crippen molar-refractivity contribution in [3.63, 3.8) is 0 Å². The van der Waals surface area contributed by atoms with Gasteiger partial charge in [0.25, 0.3) is 0 Å². The molecule has 0 radical (unpaired) electrons. The molecule has 1 aromatic carbocycles. The number of fused-ring (bicyclic) bond motifs is 1. The summed E-state index contributed by atoms with van der Waals surface area (Å²) in [6, 6.07) is 8.72. The Bertz CT molecular complexity index is 639.